The molecule has 0 heterocycles. The average Bonchev–Trinajstić information content (AvgIpc) is 2.58. The Morgan fingerprint density at radius 2 is 1.65 bits per heavy atom. The van der Waals surface area contributed by atoms with E-state index in [1.54, 1.807) is 25.8 Å². The van der Waals surface area contributed by atoms with Gasteiger partial charge in [-0.25, -0.2) is 8.78 Å². The van der Waals surface area contributed by atoms with E-state index in [9.17, 15) is 18.4 Å². The summed E-state index contributed by atoms with van der Waals surface area (Å²) in [5.41, 5.74) is -0.653. The minimum Gasteiger partial charge on any atom is -0.341 e. The number of likely N-dealkylation sites (N-methyl/N-ethyl adjacent to an activating group) is 1. The topological polar surface area (TPSA) is 49.4 Å². The van der Waals surface area contributed by atoms with Gasteiger partial charge in [0.05, 0.1) is 0 Å². The van der Waals surface area contributed by atoms with Gasteiger partial charge >= 0.3 is 0 Å². The van der Waals surface area contributed by atoms with E-state index >= 15 is 0 Å². The Bertz CT molecular complexity index is 635. The molecule has 2 rings (SSSR count). The summed E-state index contributed by atoms with van der Waals surface area (Å²) < 4.78 is 27.7. The number of nitrogens with zero attached hydrogens (tertiary/aromatic N) is 1. The zero-order valence-electron chi connectivity index (χ0n) is 15.9. The molecule has 1 aliphatic carbocycles. The predicted molar refractivity (Wildman–Crippen MR) is 96.6 cm³/mol. The van der Waals surface area contributed by atoms with E-state index in [1.807, 2.05) is 0 Å². The first kappa shape index (κ1) is 20.3. The number of carbonyl (C=O) groups is 2. The fourth-order valence-electron chi connectivity index (χ4n) is 3.47. The molecule has 0 radical (unpaired) electrons. The maximum Gasteiger partial charge on any atom is 0.257 e. The molecule has 1 unspecified atom stereocenters. The van der Waals surface area contributed by atoms with E-state index in [2.05, 4.69) is 12.2 Å². The van der Waals surface area contributed by atoms with Crippen molar-refractivity contribution in [2.75, 3.05) is 7.05 Å². The molecular formula is C20H28F2N2O2. The molecule has 1 aromatic carbocycles. The predicted octanol–water partition coefficient (Wildman–Crippen LogP) is 3.76. The van der Waals surface area contributed by atoms with Gasteiger partial charge in [-0.2, -0.15) is 0 Å². The standard InChI is InChI=1S/C20H28F2N2O2/c1-12(2)18(20(26)24(4)14-10-8-13(3)9-11-14)23-19(25)17-15(21)6-5-7-16(17)22/h5-7,12-14,18H,8-11H2,1-4H3,(H,23,25). The van der Waals surface area contributed by atoms with Crippen molar-refractivity contribution in [3.8, 4) is 0 Å². The lowest BCUT2D eigenvalue weighted by molar-refractivity contribution is -0.135. The molecule has 1 atom stereocenters. The SMILES string of the molecule is CC1CCC(N(C)C(=O)C(NC(=O)c2c(F)cccc2F)C(C)C)CC1. The molecule has 144 valence electrons. The Labute approximate surface area is 153 Å². The van der Waals surface area contributed by atoms with Crippen LogP contribution < -0.4 is 5.32 Å². The molecule has 26 heavy (non-hydrogen) atoms. The average molecular weight is 366 g/mol. The molecule has 0 saturated heterocycles. The maximum atomic E-state index is 13.8. The fourth-order valence-corrected chi connectivity index (χ4v) is 3.47. The van der Waals surface area contributed by atoms with Crippen molar-refractivity contribution in [1.29, 1.82) is 0 Å². The molecule has 0 aliphatic heterocycles. The second-order valence-electron chi connectivity index (χ2n) is 7.65. The molecule has 4 nitrogen and oxygen atoms in total. The van der Waals surface area contributed by atoms with Gasteiger partial charge in [-0.1, -0.05) is 26.8 Å². The highest BCUT2D eigenvalue weighted by Gasteiger charge is 2.33. The number of halogens is 2. The quantitative estimate of drug-likeness (QED) is 0.863. The van der Waals surface area contributed by atoms with E-state index < -0.39 is 29.1 Å². The summed E-state index contributed by atoms with van der Waals surface area (Å²) in [4.78, 5) is 27.0. The summed E-state index contributed by atoms with van der Waals surface area (Å²) in [6, 6.07) is 2.57. The first-order valence-corrected chi connectivity index (χ1v) is 9.23. The number of benzene rings is 1. The van der Waals surface area contributed by atoms with Gasteiger partial charge < -0.3 is 10.2 Å². The van der Waals surface area contributed by atoms with Crippen molar-refractivity contribution in [2.45, 2.75) is 58.5 Å². The molecule has 1 N–H and O–H groups in total. The van der Waals surface area contributed by atoms with Crippen LogP contribution in [0.1, 0.15) is 56.8 Å². The molecule has 2 amide bonds. The summed E-state index contributed by atoms with van der Waals surface area (Å²) in [5.74, 6) is -2.53. The van der Waals surface area contributed by atoms with E-state index in [0.717, 1.165) is 37.8 Å². The van der Waals surface area contributed by atoms with E-state index in [-0.39, 0.29) is 17.9 Å². The van der Waals surface area contributed by atoms with Gasteiger partial charge in [0, 0.05) is 13.1 Å². The normalized spacial score (nSPS) is 21.3. The third-order valence-corrected chi connectivity index (χ3v) is 5.29. The van der Waals surface area contributed by atoms with Gasteiger partial charge in [-0.15, -0.1) is 0 Å². The van der Waals surface area contributed by atoms with Crippen molar-refractivity contribution in [3.63, 3.8) is 0 Å². The molecule has 0 aromatic heterocycles. The number of rotatable bonds is 5. The Balaban J connectivity index is 2.12. The smallest absolute Gasteiger partial charge is 0.257 e. The second kappa shape index (κ2) is 8.60. The Morgan fingerprint density at radius 1 is 1.12 bits per heavy atom. The highest BCUT2D eigenvalue weighted by Crippen LogP contribution is 2.27. The number of amides is 2. The number of hydrogen-bond acceptors (Lipinski definition) is 2. The van der Waals surface area contributed by atoms with E-state index in [4.69, 9.17) is 0 Å². The minimum atomic E-state index is -0.938. The minimum absolute atomic E-state index is 0.141. The zero-order chi connectivity index (χ0) is 19.4. The van der Waals surface area contributed by atoms with Crippen LogP contribution in [0.5, 0.6) is 0 Å². The Hall–Kier alpha value is -1.98. The highest BCUT2D eigenvalue weighted by atomic mass is 19.1. The summed E-state index contributed by atoms with van der Waals surface area (Å²) in [7, 11) is 1.74. The van der Waals surface area contributed by atoms with Gasteiger partial charge in [0.15, 0.2) is 0 Å². The van der Waals surface area contributed by atoms with Crippen LogP contribution in [0.4, 0.5) is 8.78 Å². The number of carbonyl (C=O) groups excluding carboxylic acids is 2. The van der Waals surface area contributed by atoms with Crippen molar-refractivity contribution < 1.29 is 18.4 Å². The van der Waals surface area contributed by atoms with Gasteiger partial charge in [0.25, 0.3) is 5.91 Å². The van der Waals surface area contributed by atoms with Crippen LogP contribution >= 0.6 is 0 Å². The zero-order valence-corrected chi connectivity index (χ0v) is 15.9. The summed E-state index contributed by atoms with van der Waals surface area (Å²) in [6.07, 6.45) is 4.01. The molecule has 6 heteroatoms. The lowest BCUT2D eigenvalue weighted by atomic mass is 9.86. The van der Waals surface area contributed by atoms with Gasteiger partial charge in [0.1, 0.15) is 23.2 Å². The van der Waals surface area contributed by atoms with Crippen LogP contribution in [-0.4, -0.2) is 35.8 Å². The third kappa shape index (κ3) is 4.59. The monoisotopic (exact) mass is 366 g/mol. The molecule has 1 saturated carbocycles. The van der Waals surface area contributed by atoms with Crippen molar-refractivity contribution in [2.24, 2.45) is 11.8 Å². The largest absolute Gasteiger partial charge is 0.341 e. The van der Waals surface area contributed by atoms with Crippen LogP contribution in [0.25, 0.3) is 0 Å². The molecule has 1 aromatic rings. The van der Waals surface area contributed by atoms with Crippen LogP contribution in [0.3, 0.4) is 0 Å². The second-order valence-corrected chi connectivity index (χ2v) is 7.65. The van der Waals surface area contributed by atoms with Crippen LogP contribution in [-0.2, 0) is 4.79 Å². The summed E-state index contributed by atoms with van der Waals surface area (Å²) in [5, 5.41) is 2.53. The molecule has 1 aliphatic rings. The summed E-state index contributed by atoms with van der Waals surface area (Å²) in [6.45, 7) is 5.81. The summed E-state index contributed by atoms with van der Waals surface area (Å²) >= 11 is 0. The van der Waals surface area contributed by atoms with Crippen LogP contribution in [0.15, 0.2) is 18.2 Å². The Kier molecular flexibility index (Phi) is 6.73. The lowest BCUT2D eigenvalue weighted by Crippen LogP contribution is -2.53. The molecular weight excluding hydrogens is 338 g/mol. The third-order valence-electron chi connectivity index (χ3n) is 5.29. The lowest BCUT2D eigenvalue weighted by Gasteiger charge is -2.36. The molecule has 0 bridgehead atoms. The number of hydrogen-bond donors (Lipinski definition) is 1. The molecule has 0 spiro atoms. The van der Waals surface area contributed by atoms with Crippen molar-refractivity contribution in [1.82, 2.24) is 10.2 Å². The molecule has 1 fully saturated rings. The Morgan fingerprint density at radius 3 is 2.15 bits per heavy atom. The highest BCUT2D eigenvalue weighted by molar-refractivity contribution is 5.98. The van der Waals surface area contributed by atoms with Gasteiger partial charge in [-0.05, 0) is 49.7 Å². The van der Waals surface area contributed by atoms with Crippen molar-refractivity contribution >= 4 is 11.8 Å². The van der Waals surface area contributed by atoms with Crippen LogP contribution in [0.2, 0.25) is 0 Å². The maximum absolute atomic E-state index is 13.8. The number of nitrogens with one attached hydrogen (secondary N) is 1. The first-order valence-electron chi connectivity index (χ1n) is 9.23. The van der Waals surface area contributed by atoms with Crippen LogP contribution in [0, 0.1) is 23.5 Å². The van der Waals surface area contributed by atoms with E-state index in [1.165, 1.54) is 6.07 Å². The van der Waals surface area contributed by atoms with Gasteiger partial charge in [0.2, 0.25) is 5.91 Å². The van der Waals surface area contributed by atoms with E-state index in [0.29, 0.717) is 5.92 Å². The van der Waals surface area contributed by atoms with Gasteiger partial charge in [-0.3, -0.25) is 9.59 Å². The first-order chi connectivity index (χ1) is 12.2. The fraction of sp³-hybridized carbons (Fsp3) is 0.600. The van der Waals surface area contributed by atoms with Crippen molar-refractivity contribution in [3.05, 3.63) is 35.4 Å².